The largest absolute Gasteiger partial charge is 0.493 e. The number of carboxylic acids is 1. The minimum atomic E-state index is -3.59. The van der Waals surface area contributed by atoms with Crippen LogP contribution in [-0.2, 0) is 27.7 Å². The summed E-state index contributed by atoms with van der Waals surface area (Å²) in [5.74, 6) is -0.190. The zero-order chi connectivity index (χ0) is 24.6. The molecule has 9 heteroatoms. The number of benzene rings is 3. The minimum absolute atomic E-state index is 0.175. The second-order valence-corrected chi connectivity index (χ2v) is 9.95. The van der Waals surface area contributed by atoms with Crippen molar-refractivity contribution in [3.8, 4) is 5.75 Å². The summed E-state index contributed by atoms with van der Waals surface area (Å²) in [4.78, 5) is 11.1. The first kappa shape index (κ1) is 25.6. The van der Waals surface area contributed by atoms with Crippen molar-refractivity contribution in [1.29, 1.82) is 0 Å². The molecule has 0 fully saturated rings. The molecule has 1 atom stereocenters. The van der Waals surface area contributed by atoms with Crippen LogP contribution in [0.1, 0.15) is 18.1 Å². The number of hydrogen-bond acceptors (Lipinski definition) is 5. The summed E-state index contributed by atoms with van der Waals surface area (Å²) in [6.45, 7) is 2.33. The SMILES string of the molecule is CC(Nc1ccc(CCOc2cccc(CCNS(=O)(=O)c3ccc(Cl)cc3)c2)cc1)C(=O)O. The molecule has 3 aromatic carbocycles. The molecule has 3 aromatic rings. The Labute approximate surface area is 204 Å². The van der Waals surface area contributed by atoms with Gasteiger partial charge in [0.05, 0.1) is 11.5 Å². The maximum Gasteiger partial charge on any atom is 0.325 e. The topological polar surface area (TPSA) is 105 Å². The molecule has 3 N–H and O–H groups in total. The first-order chi connectivity index (χ1) is 16.2. The molecule has 0 saturated carbocycles. The number of nitrogens with one attached hydrogen (secondary N) is 2. The Morgan fingerprint density at radius 2 is 1.71 bits per heavy atom. The number of sulfonamides is 1. The maximum atomic E-state index is 12.4. The van der Waals surface area contributed by atoms with Crippen LogP contribution in [0.4, 0.5) is 5.69 Å². The van der Waals surface area contributed by atoms with Gasteiger partial charge in [-0.25, -0.2) is 13.1 Å². The van der Waals surface area contributed by atoms with Gasteiger partial charge in [0, 0.05) is 23.7 Å². The van der Waals surface area contributed by atoms with E-state index in [-0.39, 0.29) is 11.4 Å². The third kappa shape index (κ3) is 7.76. The maximum absolute atomic E-state index is 12.4. The average molecular weight is 503 g/mol. The molecule has 7 nitrogen and oxygen atoms in total. The van der Waals surface area contributed by atoms with Gasteiger partial charge in [-0.2, -0.15) is 0 Å². The van der Waals surface area contributed by atoms with Crippen LogP contribution >= 0.6 is 11.6 Å². The van der Waals surface area contributed by atoms with E-state index < -0.39 is 22.0 Å². The van der Waals surface area contributed by atoms with Gasteiger partial charge in [-0.3, -0.25) is 4.79 Å². The summed E-state index contributed by atoms with van der Waals surface area (Å²) in [6, 6.07) is 20.5. The Morgan fingerprint density at radius 1 is 1.00 bits per heavy atom. The van der Waals surface area contributed by atoms with Crippen LogP contribution < -0.4 is 14.8 Å². The third-order valence-corrected chi connectivity index (χ3v) is 6.82. The van der Waals surface area contributed by atoms with E-state index in [2.05, 4.69) is 10.0 Å². The molecule has 3 rings (SSSR count). The Morgan fingerprint density at radius 3 is 2.38 bits per heavy atom. The molecular formula is C25H27ClN2O5S. The number of halogens is 1. The smallest absolute Gasteiger partial charge is 0.325 e. The van der Waals surface area contributed by atoms with Crippen molar-refractivity contribution < 1.29 is 23.1 Å². The van der Waals surface area contributed by atoms with E-state index in [1.165, 1.54) is 12.1 Å². The number of carboxylic acid groups (broad SMARTS) is 1. The first-order valence-electron chi connectivity index (χ1n) is 10.8. The average Bonchev–Trinajstić information content (AvgIpc) is 2.80. The van der Waals surface area contributed by atoms with Crippen LogP contribution in [0.15, 0.2) is 77.7 Å². The summed E-state index contributed by atoms with van der Waals surface area (Å²) in [6.07, 6.45) is 1.22. The normalized spacial score (nSPS) is 12.2. The first-order valence-corrected chi connectivity index (χ1v) is 12.6. The number of ether oxygens (including phenoxy) is 1. The zero-order valence-electron chi connectivity index (χ0n) is 18.7. The Kier molecular flexibility index (Phi) is 8.92. The Balaban J connectivity index is 1.45. The number of carbonyl (C=O) groups is 1. The van der Waals surface area contributed by atoms with Gasteiger partial charge in [-0.15, -0.1) is 0 Å². The van der Waals surface area contributed by atoms with Crippen molar-refractivity contribution in [2.75, 3.05) is 18.5 Å². The second kappa shape index (κ2) is 11.9. The van der Waals surface area contributed by atoms with E-state index >= 15 is 0 Å². The van der Waals surface area contributed by atoms with Crippen LogP contribution in [0, 0.1) is 0 Å². The van der Waals surface area contributed by atoms with Gasteiger partial charge >= 0.3 is 5.97 Å². The Bertz CT molecular complexity index is 1200. The molecule has 34 heavy (non-hydrogen) atoms. The van der Waals surface area contributed by atoms with E-state index in [4.69, 9.17) is 21.4 Å². The summed E-state index contributed by atoms with van der Waals surface area (Å²) >= 11 is 5.82. The fraction of sp³-hybridized carbons (Fsp3) is 0.240. The monoisotopic (exact) mass is 502 g/mol. The molecule has 0 aliphatic heterocycles. The molecule has 0 bridgehead atoms. The standard InChI is InChI=1S/C25H27ClN2O5S/c1-18(25(29)30)28-22-9-5-19(6-10-22)14-16-33-23-4-2-3-20(17-23)13-15-27-34(31,32)24-11-7-21(26)8-12-24/h2-12,17-18,27-28H,13-16H2,1H3,(H,29,30). The highest BCUT2D eigenvalue weighted by Crippen LogP contribution is 2.17. The van der Waals surface area contributed by atoms with E-state index in [1.807, 2.05) is 48.5 Å². The van der Waals surface area contributed by atoms with E-state index in [9.17, 15) is 13.2 Å². The van der Waals surface area contributed by atoms with E-state index in [1.54, 1.807) is 19.1 Å². The lowest BCUT2D eigenvalue weighted by atomic mass is 10.1. The minimum Gasteiger partial charge on any atom is -0.493 e. The van der Waals surface area contributed by atoms with Crippen molar-refractivity contribution in [3.05, 3.63) is 88.9 Å². The summed E-state index contributed by atoms with van der Waals surface area (Å²) in [5.41, 5.74) is 2.78. The van der Waals surface area contributed by atoms with Crippen LogP contribution in [0.25, 0.3) is 0 Å². The lowest BCUT2D eigenvalue weighted by Crippen LogP contribution is -2.25. The van der Waals surface area contributed by atoms with Gasteiger partial charge in [0.25, 0.3) is 0 Å². The van der Waals surface area contributed by atoms with Crippen LogP contribution in [0.3, 0.4) is 0 Å². The molecule has 0 aliphatic rings. The molecule has 0 saturated heterocycles. The predicted octanol–water partition coefficient (Wildman–Crippen LogP) is 4.37. The van der Waals surface area contributed by atoms with E-state index in [0.717, 1.165) is 16.8 Å². The fourth-order valence-electron chi connectivity index (χ4n) is 3.18. The fourth-order valence-corrected chi connectivity index (χ4v) is 4.34. The van der Waals surface area contributed by atoms with Crippen molar-refractivity contribution in [3.63, 3.8) is 0 Å². The van der Waals surface area contributed by atoms with Gasteiger partial charge in [0.15, 0.2) is 0 Å². The Hall–Kier alpha value is -3.07. The molecular weight excluding hydrogens is 476 g/mol. The van der Waals surface area contributed by atoms with Gasteiger partial charge in [-0.05, 0) is 73.0 Å². The molecule has 1 unspecified atom stereocenters. The lowest BCUT2D eigenvalue weighted by molar-refractivity contribution is -0.137. The molecule has 0 heterocycles. The molecule has 0 radical (unpaired) electrons. The summed E-state index contributed by atoms with van der Waals surface area (Å²) in [7, 11) is -3.59. The van der Waals surface area contributed by atoms with Crippen molar-refractivity contribution in [1.82, 2.24) is 4.72 Å². The number of rotatable bonds is 12. The molecule has 0 amide bonds. The summed E-state index contributed by atoms with van der Waals surface area (Å²) < 4.78 is 33.2. The van der Waals surface area contributed by atoms with Crippen LogP contribution in [0.5, 0.6) is 5.75 Å². The highest BCUT2D eigenvalue weighted by molar-refractivity contribution is 7.89. The quantitative estimate of drug-likeness (QED) is 0.340. The van der Waals surface area contributed by atoms with E-state index in [0.29, 0.717) is 30.2 Å². The highest BCUT2D eigenvalue weighted by atomic mass is 35.5. The second-order valence-electron chi connectivity index (χ2n) is 7.75. The molecule has 0 aromatic heterocycles. The van der Waals surface area contributed by atoms with Gasteiger partial charge in [0.2, 0.25) is 10.0 Å². The van der Waals surface area contributed by atoms with Crippen molar-refractivity contribution >= 4 is 33.3 Å². The molecule has 0 spiro atoms. The number of hydrogen-bond donors (Lipinski definition) is 3. The van der Waals surface area contributed by atoms with Crippen LogP contribution in [0.2, 0.25) is 5.02 Å². The van der Waals surface area contributed by atoms with Gasteiger partial charge in [-0.1, -0.05) is 35.9 Å². The zero-order valence-corrected chi connectivity index (χ0v) is 20.3. The molecule has 0 aliphatic carbocycles. The summed E-state index contributed by atoms with van der Waals surface area (Å²) in [5, 5.41) is 12.4. The highest BCUT2D eigenvalue weighted by Gasteiger charge is 2.13. The number of aliphatic carboxylic acids is 1. The van der Waals surface area contributed by atoms with Crippen LogP contribution in [-0.4, -0.2) is 38.7 Å². The van der Waals surface area contributed by atoms with Crippen molar-refractivity contribution in [2.24, 2.45) is 0 Å². The van der Waals surface area contributed by atoms with Crippen molar-refractivity contribution in [2.45, 2.75) is 30.7 Å². The van der Waals surface area contributed by atoms with Gasteiger partial charge in [0.1, 0.15) is 11.8 Å². The predicted molar refractivity (Wildman–Crippen MR) is 133 cm³/mol. The number of anilines is 1. The lowest BCUT2D eigenvalue weighted by Gasteiger charge is -2.12. The third-order valence-electron chi connectivity index (χ3n) is 5.10. The molecule has 180 valence electrons. The van der Waals surface area contributed by atoms with Gasteiger partial charge < -0.3 is 15.2 Å².